The second kappa shape index (κ2) is 4.58. The van der Waals surface area contributed by atoms with Crippen molar-refractivity contribution in [3.8, 4) is 0 Å². The SMILES string of the molecule is Nc1csc(NN=Cc2cccc3c2=NC(=O)N=3)n1. The van der Waals surface area contributed by atoms with Crippen molar-refractivity contribution < 1.29 is 4.79 Å². The first kappa shape index (κ1) is 11.5. The summed E-state index contributed by atoms with van der Waals surface area (Å²) in [5, 5.41) is 7.44. The summed E-state index contributed by atoms with van der Waals surface area (Å²) in [5.41, 5.74) is 8.96. The molecule has 2 heterocycles. The van der Waals surface area contributed by atoms with Gasteiger partial charge in [0.15, 0.2) is 0 Å². The lowest BCUT2D eigenvalue weighted by Gasteiger charge is -1.93. The smallest absolute Gasteiger partial charge is 0.368 e. The number of urea groups is 1. The molecule has 0 spiro atoms. The van der Waals surface area contributed by atoms with Crippen LogP contribution in [0.3, 0.4) is 0 Å². The van der Waals surface area contributed by atoms with Crippen LogP contribution in [0.25, 0.3) is 0 Å². The maximum absolute atomic E-state index is 11.1. The van der Waals surface area contributed by atoms with E-state index >= 15 is 0 Å². The van der Waals surface area contributed by atoms with Gasteiger partial charge < -0.3 is 5.73 Å². The van der Waals surface area contributed by atoms with Gasteiger partial charge in [-0.05, 0) is 6.07 Å². The van der Waals surface area contributed by atoms with Crippen LogP contribution in [0.15, 0.2) is 38.7 Å². The van der Waals surface area contributed by atoms with E-state index in [2.05, 4.69) is 25.5 Å². The molecule has 2 aromatic rings. The number of thiazole rings is 1. The number of aromatic nitrogens is 1. The number of hydrogen-bond acceptors (Lipinski definition) is 6. The summed E-state index contributed by atoms with van der Waals surface area (Å²) in [6.45, 7) is 0. The van der Waals surface area contributed by atoms with Crippen molar-refractivity contribution in [2.24, 2.45) is 15.1 Å². The van der Waals surface area contributed by atoms with Crippen LogP contribution in [0, 0.1) is 0 Å². The van der Waals surface area contributed by atoms with Crippen LogP contribution in [-0.4, -0.2) is 17.2 Å². The standard InChI is InChI=1S/C11H8N6OS/c12-8-5-19-11(15-8)17-13-4-6-2-1-3-7-9(6)16-10(18)14-7/h1-5H,12H2,(H,15,17). The second-order valence-corrected chi connectivity index (χ2v) is 4.53. The molecule has 0 saturated heterocycles. The van der Waals surface area contributed by atoms with Crippen LogP contribution in [0.1, 0.15) is 5.56 Å². The Kier molecular flexibility index (Phi) is 2.76. The minimum Gasteiger partial charge on any atom is -0.383 e. The summed E-state index contributed by atoms with van der Waals surface area (Å²) in [7, 11) is 0. The number of nitrogen functional groups attached to an aromatic ring is 1. The molecular weight excluding hydrogens is 264 g/mol. The van der Waals surface area contributed by atoms with Gasteiger partial charge in [0.1, 0.15) is 11.2 Å². The molecule has 0 fully saturated rings. The molecule has 0 bridgehead atoms. The Hall–Kier alpha value is -2.61. The van der Waals surface area contributed by atoms with Gasteiger partial charge in [0, 0.05) is 10.9 Å². The number of para-hydroxylation sites is 1. The van der Waals surface area contributed by atoms with Crippen LogP contribution in [0.2, 0.25) is 0 Å². The molecule has 0 aliphatic carbocycles. The Bertz CT molecular complexity index is 794. The van der Waals surface area contributed by atoms with E-state index in [1.807, 2.05) is 0 Å². The van der Waals surface area contributed by atoms with Crippen LogP contribution in [0.4, 0.5) is 15.7 Å². The first-order valence-corrected chi connectivity index (χ1v) is 6.21. The topological polar surface area (TPSA) is 105 Å². The number of nitrogens with one attached hydrogen (secondary N) is 1. The highest BCUT2D eigenvalue weighted by Gasteiger charge is 2.07. The van der Waals surface area contributed by atoms with Crippen LogP contribution in [0.5, 0.6) is 0 Å². The Morgan fingerprint density at radius 3 is 3.05 bits per heavy atom. The second-order valence-electron chi connectivity index (χ2n) is 3.67. The average molecular weight is 272 g/mol. The summed E-state index contributed by atoms with van der Waals surface area (Å²) in [4.78, 5) is 22.7. The summed E-state index contributed by atoms with van der Waals surface area (Å²) in [6, 6.07) is 4.84. The van der Waals surface area contributed by atoms with E-state index < -0.39 is 6.03 Å². The van der Waals surface area contributed by atoms with Crippen molar-refractivity contribution in [1.82, 2.24) is 4.98 Å². The minimum absolute atomic E-state index is 0.447. The molecule has 2 amide bonds. The third-order valence-corrected chi connectivity index (χ3v) is 3.12. The van der Waals surface area contributed by atoms with Gasteiger partial charge in [-0.25, -0.2) is 9.78 Å². The number of fused-ring (bicyclic) bond motifs is 1. The highest BCUT2D eigenvalue weighted by molar-refractivity contribution is 7.14. The quantitative estimate of drug-likeness (QED) is 0.628. The number of carbonyl (C=O) groups is 1. The van der Waals surface area contributed by atoms with E-state index in [0.29, 0.717) is 27.2 Å². The van der Waals surface area contributed by atoms with Gasteiger partial charge >= 0.3 is 6.03 Å². The molecule has 1 aromatic heterocycles. The molecule has 0 radical (unpaired) electrons. The van der Waals surface area contributed by atoms with E-state index in [1.165, 1.54) is 11.3 Å². The summed E-state index contributed by atoms with van der Waals surface area (Å²) in [6.07, 6.45) is 1.56. The van der Waals surface area contributed by atoms with Gasteiger partial charge in [-0.3, -0.25) is 5.43 Å². The number of nitrogens with two attached hydrogens (primary N) is 1. The Morgan fingerprint density at radius 2 is 2.26 bits per heavy atom. The molecule has 0 unspecified atom stereocenters. The van der Waals surface area contributed by atoms with Crippen molar-refractivity contribution in [3.05, 3.63) is 39.9 Å². The van der Waals surface area contributed by atoms with Gasteiger partial charge in [-0.2, -0.15) is 15.1 Å². The zero-order chi connectivity index (χ0) is 13.2. The van der Waals surface area contributed by atoms with Gasteiger partial charge in [-0.1, -0.05) is 12.1 Å². The molecule has 8 heteroatoms. The zero-order valence-electron chi connectivity index (χ0n) is 9.57. The van der Waals surface area contributed by atoms with Gasteiger partial charge in [0.2, 0.25) is 5.13 Å². The number of anilines is 2. The molecule has 7 nitrogen and oxygen atoms in total. The predicted octanol–water partition coefficient (Wildman–Crippen LogP) is 0.544. The molecule has 1 aliphatic rings. The lowest BCUT2D eigenvalue weighted by Crippen LogP contribution is -2.25. The molecule has 3 N–H and O–H groups in total. The fourth-order valence-corrected chi connectivity index (χ4v) is 2.13. The third-order valence-electron chi connectivity index (χ3n) is 2.36. The highest BCUT2D eigenvalue weighted by atomic mass is 32.1. The fourth-order valence-electron chi connectivity index (χ4n) is 1.58. The molecular formula is C11H8N6OS. The van der Waals surface area contributed by atoms with Crippen LogP contribution >= 0.6 is 11.3 Å². The maximum atomic E-state index is 11.1. The lowest BCUT2D eigenvalue weighted by molar-refractivity contribution is 0.256. The van der Waals surface area contributed by atoms with Crippen molar-refractivity contribution >= 4 is 34.5 Å². The van der Waals surface area contributed by atoms with Crippen molar-refractivity contribution in [3.63, 3.8) is 0 Å². The molecule has 19 heavy (non-hydrogen) atoms. The first-order chi connectivity index (χ1) is 9.22. The van der Waals surface area contributed by atoms with Gasteiger partial charge in [0.25, 0.3) is 0 Å². The third kappa shape index (κ3) is 2.33. The van der Waals surface area contributed by atoms with E-state index in [-0.39, 0.29) is 0 Å². The maximum Gasteiger partial charge on any atom is 0.368 e. The van der Waals surface area contributed by atoms with Gasteiger partial charge in [0.05, 0.1) is 11.6 Å². The van der Waals surface area contributed by atoms with Crippen LogP contribution < -0.4 is 21.9 Å². The zero-order valence-corrected chi connectivity index (χ0v) is 10.4. The van der Waals surface area contributed by atoms with E-state index in [9.17, 15) is 4.79 Å². The predicted molar refractivity (Wildman–Crippen MR) is 71.9 cm³/mol. The van der Waals surface area contributed by atoms with E-state index in [1.54, 1.807) is 29.8 Å². The number of nitrogens with zero attached hydrogens (tertiary/aromatic N) is 4. The average Bonchev–Trinajstić information content (AvgIpc) is 2.95. The minimum atomic E-state index is -0.489. The van der Waals surface area contributed by atoms with Crippen LogP contribution in [-0.2, 0) is 0 Å². The van der Waals surface area contributed by atoms with E-state index in [4.69, 9.17) is 5.73 Å². The first-order valence-electron chi connectivity index (χ1n) is 5.33. The summed E-state index contributed by atoms with van der Waals surface area (Å²) < 4.78 is 0. The highest BCUT2D eigenvalue weighted by Crippen LogP contribution is 2.15. The Balaban J connectivity index is 1.86. The fraction of sp³-hybridized carbons (Fsp3) is 0. The van der Waals surface area contributed by atoms with Crippen molar-refractivity contribution in [2.45, 2.75) is 0 Å². The van der Waals surface area contributed by atoms with Crippen molar-refractivity contribution in [2.75, 3.05) is 11.2 Å². The number of benzene rings is 1. The Labute approximate surface area is 111 Å². The molecule has 1 aromatic carbocycles. The number of hydrogen-bond donors (Lipinski definition) is 2. The molecule has 94 valence electrons. The number of amides is 2. The number of hydrazone groups is 1. The number of carbonyl (C=O) groups excluding carboxylic acids is 1. The molecule has 0 saturated carbocycles. The largest absolute Gasteiger partial charge is 0.383 e. The molecule has 0 atom stereocenters. The monoisotopic (exact) mass is 272 g/mol. The van der Waals surface area contributed by atoms with E-state index in [0.717, 1.165) is 0 Å². The lowest BCUT2D eigenvalue weighted by atomic mass is 10.2. The Morgan fingerprint density at radius 1 is 1.37 bits per heavy atom. The molecule has 1 aliphatic heterocycles. The number of rotatable bonds is 3. The van der Waals surface area contributed by atoms with Gasteiger partial charge in [-0.15, -0.1) is 11.3 Å². The summed E-state index contributed by atoms with van der Waals surface area (Å²) >= 11 is 1.35. The normalized spacial score (nSPS) is 13.2. The molecule has 3 rings (SSSR count). The van der Waals surface area contributed by atoms with Crippen molar-refractivity contribution in [1.29, 1.82) is 0 Å². The summed E-state index contributed by atoms with van der Waals surface area (Å²) in [5.74, 6) is 0.447.